The molecule has 1 saturated carbocycles. The van der Waals surface area contributed by atoms with Gasteiger partial charge in [0.25, 0.3) is 0 Å². The lowest BCUT2D eigenvalue weighted by Crippen LogP contribution is -2.38. The normalized spacial score (nSPS) is 29.7. The third-order valence-corrected chi connectivity index (χ3v) is 5.34. The molecule has 1 aliphatic carbocycles. The first-order valence-electron chi connectivity index (χ1n) is 6.41. The van der Waals surface area contributed by atoms with Gasteiger partial charge in [0, 0.05) is 28.9 Å². The highest BCUT2D eigenvalue weighted by Gasteiger charge is 2.58. The minimum Gasteiger partial charge on any atom is -0.326 e. The van der Waals surface area contributed by atoms with Crippen LogP contribution in [-0.4, -0.2) is 44.8 Å². The molecule has 0 aromatic heterocycles. The molecule has 3 atom stereocenters. The second-order valence-electron chi connectivity index (χ2n) is 5.25. The minimum absolute atomic E-state index is 0.163. The Bertz CT molecular complexity index is 341. The van der Waals surface area contributed by atoms with E-state index in [0.717, 1.165) is 32.2 Å². The molecule has 1 amide bonds. The summed E-state index contributed by atoms with van der Waals surface area (Å²) in [6.45, 7) is 4.81. The van der Waals surface area contributed by atoms with Crippen molar-refractivity contribution < 1.29 is 9.00 Å². The first-order valence-corrected chi connectivity index (χ1v) is 8.03. The van der Waals surface area contributed by atoms with Crippen molar-refractivity contribution in [2.45, 2.75) is 56.5 Å². The molecule has 1 aliphatic heterocycles. The molecule has 1 N–H and O–H groups in total. The van der Waals surface area contributed by atoms with Crippen LogP contribution in [0, 0.1) is 0 Å². The molecular formula is C12H22N2O2S. The maximum Gasteiger partial charge on any atom is 0.244 e. The first-order chi connectivity index (χ1) is 8.00. The fraction of sp³-hybridized carbons (Fsp3) is 0.917. The summed E-state index contributed by atoms with van der Waals surface area (Å²) in [5.74, 6) is 0.262. The SMILES string of the molecule is CCC1NC2(CC2)C(=O)N1CCC(C)S(C)=O. The molecule has 3 unspecified atom stereocenters. The molecule has 1 spiro atoms. The van der Waals surface area contributed by atoms with Gasteiger partial charge >= 0.3 is 0 Å². The van der Waals surface area contributed by atoms with Gasteiger partial charge in [-0.1, -0.05) is 13.8 Å². The van der Waals surface area contributed by atoms with E-state index in [1.807, 2.05) is 11.8 Å². The van der Waals surface area contributed by atoms with Crippen LogP contribution in [0.25, 0.3) is 0 Å². The number of hydrogen-bond acceptors (Lipinski definition) is 3. The lowest BCUT2D eigenvalue weighted by atomic mass is 10.2. The van der Waals surface area contributed by atoms with Crippen molar-refractivity contribution >= 4 is 16.7 Å². The van der Waals surface area contributed by atoms with E-state index in [4.69, 9.17) is 0 Å². The molecule has 1 saturated heterocycles. The van der Waals surface area contributed by atoms with Crippen LogP contribution in [0.15, 0.2) is 0 Å². The second-order valence-corrected chi connectivity index (χ2v) is 7.05. The zero-order chi connectivity index (χ0) is 12.6. The molecule has 17 heavy (non-hydrogen) atoms. The zero-order valence-electron chi connectivity index (χ0n) is 10.9. The highest BCUT2D eigenvalue weighted by Crippen LogP contribution is 2.42. The van der Waals surface area contributed by atoms with Gasteiger partial charge in [0.2, 0.25) is 5.91 Å². The molecule has 98 valence electrons. The standard InChI is InChI=1S/C12H22N2O2S/c1-4-10-13-12(6-7-12)11(15)14(10)8-5-9(2)17(3)16/h9-10,13H,4-8H2,1-3H3. The molecule has 2 aliphatic rings. The van der Waals surface area contributed by atoms with Crippen molar-refractivity contribution in [1.29, 1.82) is 0 Å². The molecule has 4 nitrogen and oxygen atoms in total. The smallest absolute Gasteiger partial charge is 0.244 e. The van der Waals surface area contributed by atoms with Gasteiger partial charge < -0.3 is 4.90 Å². The Balaban J connectivity index is 1.94. The summed E-state index contributed by atoms with van der Waals surface area (Å²) in [4.78, 5) is 14.2. The lowest BCUT2D eigenvalue weighted by Gasteiger charge is -2.24. The van der Waals surface area contributed by atoms with Gasteiger partial charge in [-0.25, -0.2) is 0 Å². The van der Waals surface area contributed by atoms with Crippen molar-refractivity contribution in [3.63, 3.8) is 0 Å². The Hall–Kier alpha value is -0.420. The molecule has 2 fully saturated rings. The number of carbonyl (C=O) groups is 1. The highest BCUT2D eigenvalue weighted by molar-refractivity contribution is 7.84. The third-order valence-electron chi connectivity index (χ3n) is 3.97. The van der Waals surface area contributed by atoms with E-state index in [9.17, 15) is 9.00 Å². The molecule has 1 heterocycles. The number of nitrogens with one attached hydrogen (secondary N) is 1. The molecule has 0 bridgehead atoms. The first kappa shape index (κ1) is 13.0. The van der Waals surface area contributed by atoms with Crippen molar-refractivity contribution in [2.24, 2.45) is 0 Å². The predicted octanol–water partition coefficient (Wildman–Crippen LogP) is 0.844. The Morgan fingerprint density at radius 1 is 1.59 bits per heavy atom. The van der Waals surface area contributed by atoms with Gasteiger partial charge in [0.15, 0.2) is 0 Å². The Morgan fingerprint density at radius 2 is 2.24 bits per heavy atom. The second kappa shape index (κ2) is 4.69. The van der Waals surface area contributed by atoms with Crippen molar-refractivity contribution in [1.82, 2.24) is 10.2 Å². The van der Waals surface area contributed by atoms with E-state index in [0.29, 0.717) is 0 Å². The summed E-state index contributed by atoms with van der Waals surface area (Å²) in [5.41, 5.74) is -0.213. The highest BCUT2D eigenvalue weighted by atomic mass is 32.2. The topological polar surface area (TPSA) is 49.4 Å². The number of nitrogens with zero attached hydrogens (tertiary/aromatic N) is 1. The van der Waals surface area contributed by atoms with Gasteiger partial charge in [0.1, 0.15) is 0 Å². The van der Waals surface area contributed by atoms with Crippen molar-refractivity contribution in [3.8, 4) is 0 Å². The van der Waals surface area contributed by atoms with Gasteiger partial charge in [0.05, 0.1) is 11.7 Å². The number of hydrogen-bond donors (Lipinski definition) is 1. The van der Waals surface area contributed by atoms with Gasteiger partial charge in [-0.15, -0.1) is 0 Å². The summed E-state index contributed by atoms with van der Waals surface area (Å²) in [7, 11) is -0.797. The van der Waals surface area contributed by atoms with Crippen LogP contribution in [0.5, 0.6) is 0 Å². The largest absolute Gasteiger partial charge is 0.326 e. The number of amides is 1. The quantitative estimate of drug-likeness (QED) is 0.795. The van der Waals surface area contributed by atoms with Crippen LogP contribution < -0.4 is 5.32 Å². The summed E-state index contributed by atoms with van der Waals surface area (Å²) in [5, 5.41) is 3.61. The van der Waals surface area contributed by atoms with Crippen LogP contribution in [0.3, 0.4) is 0 Å². The molecule has 0 radical (unpaired) electrons. The number of rotatable bonds is 5. The Labute approximate surface area is 106 Å². The van der Waals surface area contributed by atoms with Crippen LogP contribution in [-0.2, 0) is 15.6 Å². The molecule has 0 aromatic carbocycles. The van der Waals surface area contributed by atoms with Gasteiger partial charge in [-0.05, 0) is 25.7 Å². The van der Waals surface area contributed by atoms with E-state index >= 15 is 0 Å². The molecular weight excluding hydrogens is 236 g/mol. The van der Waals surface area contributed by atoms with E-state index in [2.05, 4.69) is 12.2 Å². The maximum atomic E-state index is 12.2. The molecule has 2 rings (SSSR count). The van der Waals surface area contributed by atoms with E-state index < -0.39 is 10.8 Å². The Kier molecular flexibility index (Phi) is 3.59. The van der Waals surface area contributed by atoms with E-state index in [1.165, 1.54) is 0 Å². The average Bonchev–Trinajstić information content (AvgIpc) is 3.01. The minimum atomic E-state index is -0.797. The van der Waals surface area contributed by atoms with Crippen LogP contribution in [0.2, 0.25) is 0 Å². The van der Waals surface area contributed by atoms with Crippen molar-refractivity contribution in [2.75, 3.05) is 12.8 Å². The summed E-state index contributed by atoms with van der Waals surface area (Å²) < 4.78 is 11.3. The average molecular weight is 258 g/mol. The summed E-state index contributed by atoms with van der Waals surface area (Å²) in [6.07, 6.45) is 5.64. The molecule has 0 aromatic rings. The van der Waals surface area contributed by atoms with Gasteiger partial charge in [-0.3, -0.25) is 14.3 Å². The fourth-order valence-electron chi connectivity index (χ4n) is 2.42. The van der Waals surface area contributed by atoms with E-state index in [-0.39, 0.29) is 22.9 Å². The third kappa shape index (κ3) is 2.40. The van der Waals surface area contributed by atoms with E-state index in [1.54, 1.807) is 6.26 Å². The molecule has 5 heteroatoms. The lowest BCUT2D eigenvalue weighted by molar-refractivity contribution is -0.130. The number of carbonyl (C=O) groups excluding carboxylic acids is 1. The Morgan fingerprint density at radius 3 is 2.71 bits per heavy atom. The summed E-state index contributed by atoms with van der Waals surface area (Å²) >= 11 is 0. The van der Waals surface area contributed by atoms with Crippen LogP contribution in [0.1, 0.15) is 39.5 Å². The van der Waals surface area contributed by atoms with Gasteiger partial charge in [-0.2, -0.15) is 0 Å². The van der Waals surface area contributed by atoms with Crippen molar-refractivity contribution in [3.05, 3.63) is 0 Å². The van der Waals surface area contributed by atoms with Crippen LogP contribution in [0.4, 0.5) is 0 Å². The van der Waals surface area contributed by atoms with Crippen LogP contribution >= 0.6 is 0 Å². The zero-order valence-corrected chi connectivity index (χ0v) is 11.7. The summed E-state index contributed by atoms with van der Waals surface area (Å²) in [6, 6.07) is 0. The maximum absolute atomic E-state index is 12.2. The monoisotopic (exact) mass is 258 g/mol. The fourth-order valence-corrected chi connectivity index (χ4v) is 2.86. The predicted molar refractivity (Wildman–Crippen MR) is 69.0 cm³/mol.